The maximum Gasteiger partial charge on any atom is 0.255 e. The highest BCUT2D eigenvalue weighted by Crippen LogP contribution is 2.44. The standard InChI is InChI=1S/C33H39FN4O3/c1-3-36-19-21-37(22-20-36)18-6-17-35-32(39)30-28-7-4-5-8-29(28)33(40)38(23-24-9-13-26(34)14-10-24)31(30)25-11-15-27(41-2)16-12-25/h4-5,7-16,30-31H,3,6,17-23H2,1-2H3,(H,35,39)/t30-,31+/m1/s1. The maximum absolute atomic E-state index is 14.0. The van der Waals surface area contributed by atoms with Crippen LogP contribution in [-0.4, -0.2) is 79.4 Å². The van der Waals surface area contributed by atoms with Crippen molar-refractivity contribution < 1.29 is 18.7 Å². The van der Waals surface area contributed by atoms with Gasteiger partial charge in [-0.1, -0.05) is 49.4 Å². The third-order valence-electron chi connectivity index (χ3n) is 8.31. The molecule has 2 amide bonds. The SMILES string of the molecule is CCN1CCN(CCCNC(=O)[C@@H]2c3ccccc3C(=O)N(Cc3ccc(F)cc3)[C@H]2c2ccc(OC)cc2)CC1. The lowest BCUT2D eigenvalue weighted by Gasteiger charge is -2.42. The van der Waals surface area contributed by atoms with Gasteiger partial charge in [0.15, 0.2) is 0 Å². The van der Waals surface area contributed by atoms with Gasteiger partial charge < -0.3 is 24.8 Å². The van der Waals surface area contributed by atoms with E-state index >= 15 is 0 Å². The van der Waals surface area contributed by atoms with Crippen LogP contribution in [0.5, 0.6) is 5.75 Å². The Balaban J connectivity index is 1.40. The van der Waals surface area contributed by atoms with Gasteiger partial charge in [-0.25, -0.2) is 4.39 Å². The largest absolute Gasteiger partial charge is 0.497 e. The zero-order chi connectivity index (χ0) is 28.8. The van der Waals surface area contributed by atoms with E-state index in [-0.39, 0.29) is 24.2 Å². The number of ether oxygens (including phenoxy) is 1. The molecule has 0 saturated carbocycles. The summed E-state index contributed by atoms with van der Waals surface area (Å²) in [5, 5.41) is 3.19. The molecule has 8 heteroatoms. The van der Waals surface area contributed by atoms with Crippen molar-refractivity contribution in [1.29, 1.82) is 0 Å². The van der Waals surface area contributed by atoms with Gasteiger partial charge in [-0.2, -0.15) is 0 Å². The summed E-state index contributed by atoms with van der Waals surface area (Å²) in [4.78, 5) is 34.6. The van der Waals surface area contributed by atoms with Crippen LogP contribution in [0.1, 0.15) is 52.4 Å². The fourth-order valence-electron chi connectivity index (χ4n) is 5.96. The molecule has 0 aromatic heterocycles. The third kappa shape index (κ3) is 6.60. The Hall–Kier alpha value is -3.75. The van der Waals surface area contributed by atoms with Gasteiger partial charge in [0.1, 0.15) is 11.6 Å². The number of hydrogen-bond acceptors (Lipinski definition) is 5. The minimum absolute atomic E-state index is 0.106. The highest BCUT2D eigenvalue weighted by molar-refractivity contribution is 6.01. The van der Waals surface area contributed by atoms with E-state index in [2.05, 4.69) is 22.0 Å². The van der Waals surface area contributed by atoms with Gasteiger partial charge in [-0.05, 0) is 66.5 Å². The molecule has 7 nitrogen and oxygen atoms in total. The molecular formula is C33H39FN4O3. The number of hydrogen-bond donors (Lipinski definition) is 1. The lowest BCUT2D eigenvalue weighted by Crippen LogP contribution is -2.48. The molecular weight excluding hydrogens is 519 g/mol. The van der Waals surface area contributed by atoms with Gasteiger partial charge >= 0.3 is 0 Å². The second kappa shape index (κ2) is 13.3. The summed E-state index contributed by atoms with van der Waals surface area (Å²) >= 11 is 0. The number of amides is 2. The number of nitrogens with zero attached hydrogens (tertiary/aromatic N) is 3. The molecule has 1 saturated heterocycles. The minimum atomic E-state index is -0.606. The smallest absolute Gasteiger partial charge is 0.255 e. The van der Waals surface area contributed by atoms with E-state index in [1.54, 1.807) is 30.2 Å². The molecule has 3 aromatic carbocycles. The second-order valence-electron chi connectivity index (χ2n) is 10.8. The van der Waals surface area contributed by atoms with Gasteiger partial charge in [0.05, 0.1) is 19.1 Å². The van der Waals surface area contributed by atoms with Crippen molar-refractivity contribution in [3.05, 3.63) is 101 Å². The van der Waals surface area contributed by atoms with E-state index in [9.17, 15) is 14.0 Å². The van der Waals surface area contributed by atoms with E-state index in [0.717, 1.165) is 62.4 Å². The van der Waals surface area contributed by atoms with Crippen LogP contribution < -0.4 is 10.1 Å². The summed E-state index contributed by atoms with van der Waals surface area (Å²) in [6.45, 7) is 9.31. The molecule has 2 aliphatic heterocycles. The number of rotatable bonds is 10. The van der Waals surface area contributed by atoms with Gasteiger partial charge in [0.2, 0.25) is 5.91 Å². The molecule has 0 radical (unpaired) electrons. The zero-order valence-electron chi connectivity index (χ0n) is 23.9. The van der Waals surface area contributed by atoms with E-state index in [0.29, 0.717) is 17.9 Å². The molecule has 216 valence electrons. The first kappa shape index (κ1) is 28.8. The topological polar surface area (TPSA) is 65.1 Å². The summed E-state index contributed by atoms with van der Waals surface area (Å²) in [5.41, 5.74) is 2.87. The fourth-order valence-corrected chi connectivity index (χ4v) is 5.96. The molecule has 41 heavy (non-hydrogen) atoms. The zero-order valence-corrected chi connectivity index (χ0v) is 23.9. The van der Waals surface area contributed by atoms with Crippen LogP contribution in [0.4, 0.5) is 4.39 Å². The number of carbonyl (C=O) groups is 2. The normalized spacial score (nSPS) is 19.6. The Labute approximate surface area is 241 Å². The lowest BCUT2D eigenvalue weighted by molar-refractivity contribution is -0.124. The first-order valence-corrected chi connectivity index (χ1v) is 14.5. The van der Waals surface area contributed by atoms with Crippen LogP contribution in [0, 0.1) is 5.82 Å². The third-order valence-corrected chi connectivity index (χ3v) is 8.31. The Bertz CT molecular complexity index is 1320. The molecule has 2 atom stereocenters. The number of piperazine rings is 1. The first-order valence-electron chi connectivity index (χ1n) is 14.5. The minimum Gasteiger partial charge on any atom is -0.497 e. The van der Waals surface area contributed by atoms with Crippen LogP contribution in [0.2, 0.25) is 0 Å². The summed E-state index contributed by atoms with van der Waals surface area (Å²) in [7, 11) is 1.61. The van der Waals surface area contributed by atoms with Crippen LogP contribution in [-0.2, 0) is 11.3 Å². The van der Waals surface area contributed by atoms with Crippen molar-refractivity contribution in [3.8, 4) is 5.75 Å². The lowest BCUT2D eigenvalue weighted by atomic mass is 9.79. The molecule has 0 unspecified atom stereocenters. The van der Waals surface area contributed by atoms with Crippen molar-refractivity contribution >= 4 is 11.8 Å². The predicted molar refractivity (Wildman–Crippen MR) is 157 cm³/mol. The van der Waals surface area contributed by atoms with Crippen molar-refractivity contribution in [3.63, 3.8) is 0 Å². The molecule has 1 N–H and O–H groups in total. The molecule has 3 aromatic rings. The number of likely N-dealkylation sites (N-methyl/N-ethyl adjacent to an activating group) is 1. The van der Waals surface area contributed by atoms with Gasteiger partial charge in [-0.15, -0.1) is 0 Å². The fraction of sp³-hybridized carbons (Fsp3) is 0.394. The first-order chi connectivity index (χ1) is 20.0. The van der Waals surface area contributed by atoms with E-state index in [4.69, 9.17) is 4.74 Å². The average molecular weight is 559 g/mol. The van der Waals surface area contributed by atoms with Crippen molar-refractivity contribution in [2.24, 2.45) is 0 Å². The van der Waals surface area contributed by atoms with Crippen LogP contribution in [0.15, 0.2) is 72.8 Å². The quantitative estimate of drug-likeness (QED) is 0.373. The van der Waals surface area contributed by atoms with Gasteiger partial charge in [0, 0.05) is 44.8 Å². The number of fused-ring (bicyclic) bond motifs is 1. The Morgan fingerprint density at radius 1 is 0.951 bits per heavy atom. The molecule has 2 aliphatic rings. The molecule has 5 rings (SSSR count). The second-order valence-corrected chi connectivity index (χ2v) is 10.8. The number of halogens is 1. The monoisotopic (exact) mass is 558 g/mol. The summed E-state index contributed by atoms with van der Waals surface area (Å²) in [5.74, 6) is -0.500. The van der Waals surface area contributed by atoms with E-state index < -0.39 is 12.0 Å². The number of carbonyl (C=O) groups excluding carboxylic acids is 2. The molecule has 0 spiro atoms. The van der Waals surface area contributed by atoms with Gasteiger partial charge in [-0.3, -0.25) is 9.59 Å². The maximum atomic E-state index is 14.0. The van der Waals surface area contributed by atoms with Crippen LogP contribution in [0.25, 0.3) is 0 Å². The highest BCUT2D eigenvalue weighted by Gasteiger charge is 2.44. The molecule has 0 bridgehead atoms. The van der Waals surface area contributed by atoms with Crippen LogP contribution >= 0.6 is 0 Å². The summed E-state index contributed by atoms with van der Waals surface area (Å²) in [6.07, 6.45) is 0.859. The summed E-state index contributed by atoms with van der Waals surface area (Å²) in [6, 6.07) is 20.5. The predicted octanol–water partition coefficient (Wildman–Crippen LogP) is 4.46. The Morgan fingerprint density at radius 3 is 2.32 bits per heavy atom. The van der Waals surface area contributed by atoms with Gasteiger partial charge in [0.25, 0.3) is 5.91 Å². The molecule has 0 aliphatic carbocycles. The highest BCUT2D eigenvalue weighted by atomic mass is 19.1. The number of benzene rings is 3. The molecule has 2 heterocycles. The van der Waals surface area contributed by atoms with E-state index in [1.807, 2.05) is 42.5 Å². The van der Waals surface area contributed by atoms with Crippen molar-refractivity contribution in [1.82, 2.24) is 20.0 Å². The number of nitrogens with one attached hydrogen (secondary N) is 1. The Kier molecular flexibility index (Phi) is 9.31. The molecule has 1 fully saturated rings. The van der Waals surface area contributed by atoms with Crippen LogP contribution in [0.3, 0.4) is 0 Å². The van der Waals surface area contributed by atoms with Crippen molar-refractivity contribution in [2.45, 2.75) is 31.8 Å². The Morgan fingerprint density at radius 2 is 1.63 bits per heavy atom. The summed E-state index contributed by atoms with van der Waals surface area (Å²) < 4.78 is 19.0. The number of methoxy groups -OCH3 is 1. The average Bonchev–Trinajstić information content (AvgIpc) is 3.01. The van der Waals surface area contributed by atoms with E-state index in [1.165, 1.54) is 12.1 Å². The van der Waals surface area contributed by atoms with Crippen molar-refractivity contribution in [2.75, 3.05) is 52.9 Å².